The predicted molar refractivity (Wildman–Crippen MR) is 96.7 cm³/mol. The van der Waals surface area contributed by atoms with Crippen LogP contribution in [-0.4, -0.2) is 24.5 Å². The zero-order chi connectivity index (χ0) is 17.6. The van der Waals surface area contributed by atoms with Gasteiger partial charge in [-0.3, -0.25) is 9.59 Å². The SMILES string of the molecule is O=C(NCc1cccc(Cl)c1)c1cccc(NC(=O)C2CCCO2)c1. The summed E-state index contributed by atoms with van der Waals surface area (Å²) in [5.41, 5.74) is 1.98. The number of ether oxygens (including phenoxy) is 1. The van der Waals surface area contributed by atoms with Crippen LogP contribution in [0.4, 0.5) is 5.69 Å². The Hall–Kier alpha value is -2.37. The second-order valence-corrected chi connectivity index (χ2v) is 6.32. The number of carbonyl (C=O) groups is 2. The number of amides is 2. The summed E-state index contributed by atoms with van der Waals surface area (Å²) < 4.78 is 5.36. The quantitative estimate of drug-likeness (QED) is 0.860. The molecule has 0 spiro atoms. The van der Waals surface area contributed by atoms with Crippen molar-refractivity contribution in [2.45, 2.75) is 25.5 Å². The Morgan fingerprint density at radius 1 is 1.16 bits per heavy atom. The lowest BCUT2D eigenvalue weighted by Crippen LogP contribution is -2.27. The molecule has 130 valence electrons. The first-order chi connectivity index (χ1) is 12.1. The number of hydrogen-bond donors (Lipinski definition) is 2. The van der Waals surface area contributed by atoms with Crippen molar-refractivity contribution in [2.24, 2.45) is 0 Å². The van der Waals surface area contributed by atoms with Gasteiger partial charge in [-0.05, 0) is 48.7 Å². The summed E-state index contributed by atoms with van der Waals surface area (Å²) in [5.74, 6) is -0.387. The maximum absolute atomic E-state index is 12.3. The topological polar surface area (TPSA) is 67.4 Å². The lowest BCUT2D eigenvalue weighted by molar-refractivity contribution is -0.124. The van der Waals surface area contributed by atoms with Crippen molar-refractivity contribution in [3.63, 3.8) is 0 Å². The first-order valence-corrected chi connectivity index (χ1v) is 8.55. The fraction of sp³-hybridized carbons (Fsp3) is 0.263. The lowest BCUT2D eigenvalue weighted by atomic mass is 10.1. The van der Waals surface area contributed by atoms with Gasteiger partial charge < -0.3 is 15.4 Å². The van der Waals surface area contributed by atoms with E-state index in [9.17, 15) is 9.59 Å². The summed E-state index contributed by atoms with van der Waals surface area (Å²) in [4.78, 5) is 24.4. The van der Waals surface area contributed by atoms with E-state index in [2.05, 4.69) is 10.6 Å². The third kappa shape index (κ3) is 4.81. The number of anilines is 1. The van der Waals surface area contributed by atoms with Crippen molar-refractivity contribution in [2.75, 3.05) is 11.9 Å². The second-order valence-electron chi connectivity index (χ2n) is 5.88. The Balaban J connectivity index is 1.60. The molecule has 0 radical (unpaired) electrons. The molecule has 25 heavy (non-hydrogen) atoms. The molecule has 2 aromatic carbocycles. The molecule has 1 saturated heterocycles. The van der Waals surface area contributed by atoms with Crippen LogP contribution >= 0.6 is 11.6 Å². The van der Waals surface area contributed by atoms with Crippen LogP contribution < -0.4 is 10.6 Å². The van der Waals surface area contributed by atoms with Crippen molar-refractivity contribution in [1.29, 1.82) is 0 Å². The molecule has 5 nitrogen and oxygen atoms in total. The molecule has 1 heterocycles. The standard InChI is InChI=1S/C19H19ClN2O3/c20-15-6-1-4-13(10-15)12-21-18(23)14-5-2-7-16(11-14)22-19(24)17-8-3-9-25-17/h1-2,4-7,10-11,17H,3,8-9,12H2,(H,21,23)(H,22,24). The van der Waals surface area contributed by atoms with Crippen molar-refractivity contribution < 1.29 is 14.3 Å². The Morgan fingerprint density at radius 2 is 2.00 bits per heavy atom. The molecule has 1 aliphatic rings. The molecule has 1 fully saturated rings. The van der Waals surface area contributed by atoms with Crippen LogP contribution in [0, 0.1) is 0 Å². The molecule has 2 N–H and O–H groups in total. The molecule has 6 heteroatoms. The molecule has 0 aliphatic carbocycles. The van der Waals surface area contributed by atoms with Crippen molar-refractivity contribution >= 4 is 29.1 Å². The zero-order valence-electron chi connectivity index (χ0n) is 13.6. The van der Waals surface area contributed by atoms with Crippen molar-refractivity contribution in [3.05, 3.63) is 64.7 Å². The van der Waals surface area contributed by atoms with Gasteiger partial charge in [-0.1, -0.05) is 29.8 Å². The number of nitrogens with one attached hydrogen (secondary N) is 2. The number of hydrogen-bond acceptors (Lipinski definition) is 3. The smallest absolute Gasteiger partial charge is 0.253 e. The third-order valence-electron chi connectivity index (χ3n) is 3.96. The molecule has 1 atom stereocenters. The van der Waals surface area contributed by atoms with Gasteiger partial charge in [0.25, 0.3) is 11.8 Å². The predicted octanol–water partition coefficient (Wildman–Crippen LogP) is 3.39. The molecule has 3 rings (SSSR count). The summed E-state index contributed by atoms with van der Waals surface area (Å²) in [6, 6.07) is 14.2. The van der Waals surface area contributed by atoms with E-state index in [0.717, 1.165) is 18.4 Å². The van der Waals surface area contributed by atoms with Crippen LogP contribution in [0.15, 0.2) is 48.5 Å². The van der Waals surface area contributed by atoms with Gasteiger partial charge >= 0.3 is 0 Å². The molecular weight excluding hydrogens is 340 g/mol. The van der Waals surface area contributed by atoms with Gasteiger partial charge in [0.2, 0.25) is 0 Å². The summed E-state index contributed by atoms with van der Waals surface area (Å²) in [6.45, 7) is 0.996. The van der Waals surface area contributed by atoms with Gasteiger partial charge in [-0.15, -0.1) is 0 Å². The largest absolute Gasteiger partial charge is 0.368 e. The average molecular weight is 359 g/mol. The van der Waals surface area contributed by atoms with E-state index in [1.54, 1.807) is 36.4 Å². The molecule has 2 amide bonds. The van der Waals surface area contributed by atoms with Gasteiger partial charge in [0.15, 0.2) is 0 Å². The highest BCUT2D eigenvalue weighted by Crippen LogP contribution is 2.16. The third-order valence-corrected chi connectivity index (χ3v) is 4.19. The van der Waals surface area contributed by atoms with Crippen LogP contribution in [0.3, 0.4) is 0 Å². The monoisotopic (exact) mass is 358 g/mol. The highest BCUT2D eigenvalue weighted by molar-refractivity contribution is 6.30. The van der Waals surface area contributed by atoms with Crippen LogP contribution in [0.2, 0.25) is 5.02 Å². The number of rotatable bonds is 5. The van der Waals surface area contributed by atoms with Crippen LogP contribution in [-0.2, 0) is 16.1 Å². The second kappa shape index (κ2) is 8.14. The molecular formula is C19H19ClN2O3. The van der Waals surface area contributed by atoms with Gasteiger partial charge in [0, 0.05) is 29.4 Å². The van der Waals surface area contributed by atoms with Gasteiger partial charge in [0.1, 0.15) is 6.10 Å². The minimum Gasteiger partial charge on any atom is -0.368 e. The molecule has 0 saturated carbocycles. The summed E-state index contributed by atoms with van der Waals surface area (Å²) in [6.07, 6.45) is 1.22. The van der Waals surface area contributed by atoms with Crippen LogP contribution in [0.1, 0.15) is 28.8 Å². The maximum atomic E-state index is 12.3. The van der Waals surface area contributed by atoms with E-state index in [1.807, 2.05) is 12.1 Å². The first kappa shape index (κ1) is 17.5. The van der Waals surface area contributed by atoms with Crippen LogP contribution in [0.5, 0.6) is 0 Å². The van der Waals surface area contributed by atoms with E-state index in [4.69, 9.17) is 16.3 Å². The Labute approximate surface area is 151 Å². The fourth-order valence-electron chi connectivity index (χ4n) is 2.68. The molecule has 0 bridgehead atoms. The summed E-state index contributed by atoms with van der Waals surface area (Å²) in [5, 5.41) is 6.27. The number of halogens is 1. The average Bonchev–Trinajstić information content (AvgIpc) is 3.15. The van der Waals surface area contributed by atoms with Crippen molar-refractivity contribution in [3.8, 4) is 0 Å². The number of benzene rings is 2. The highest BCUT2D eigenvalue weighted by Gasteiger charge is 2.23. The van der Waals surface area contributed by atoms with Crippen LogP contribution in [0.25, 0.3) is 0 Å². The summed E-state index contributed by atoms with van der Waals surface area (Å²) in [7, 11) is 0. The maximum Gasteiger partial charge on any atom is 0.253 e. The van der Waals surface area contributed by atoms with E-state index in [-0.39, 0.29) is 11.8 Å². The molecule has 1 unspecified atom stereocenters. The first-order valence-electron chi connectivity index (χ1n) is 8.17. The molecule has 1 aliphatic heterocycles. The van der Waals surface area contributed by atoms with Gasteiger partial charge in [-0.2, -0.15) is 0 Å². The highest BCUT2D eigenvalue weighted by atomic mass is 35.5. The van der Waals surface area contributed by atoms with Crippen molar-refractivity contribution in [1.82, 2.24) is 5.32 Å². The fourth-order valence-corrected chi connectivity index (χ4v) is 2.89. The van der Waals surface area contributed by atoms with E-state index in [0.29, 0.717) is 29.4 Å². The summed E-state index contributed by atoms with van der Waals surface area (Å²) >= 11 is 5.94. The van der Waals surface area contributed by atoms with Gasteiger partial charge in [0.05, 0.1) is 0 Å². The molecule has 0 aromatic heterocycles. The van der Waals surface area contributed by atoms with E-state index in [1.165, 1.54) is 0 Å². The lowest BCUT2D eigenvalue weighted by Gasteiger charge is -2.11. The Kier molecular flexibility index (Phi) is 5.68. The normalized spacial score (nSPS) is 16.4. The van der Waals surface area contributed by atoms with Gasteiger partial charge in [-0.25, -0.2) is 0 Å². The molecule has 2 aromatic rings. The zero-order valence-corrected chi connectivity index (χ0v) is 14.4. The minimum atomic E-state index is -0.402. The minimum absolute atomic E-state index is 0.172. The Bertz CT molecular complexity index is 773. The Morgan fingerprint density at radius 3 is 2.76 bits per heavy atom. The number of carbonyl (C=O) groups excluding carboxylic acids is 2. The van der Waals surface area contributed by atoms with E-state index < -0.39 is 6.10 Å². The van der Waals surface area contributed by atoms with E-state index >= 15 is 0 Å².